The summed E-state index contributed by atoms with van der Waals surface area (Å²) in [5.74, 6) is 0.399. The molecule has 2 rings (SSSR count). The van der Waals surface area contributed by atoms with Crippen molar-refractivity contribution in [1.29, 1.82) is 0 Å². The molecule has 0 unspecified atom stereocenters. The number of nitrogens with zero attached hydrogens (tertiary/aromatic N) is 2. The van der Waals surface area contributed by atoms with Crippen LogP contribution in [0.1, 0.15) is 23.2 Å². The zero-order chi connectivity index (χ0) is 12.3. The molecule has 1 aliphatic rings. The van der Waals surface area contributed by atoms with Gasteiger partial charge in [0.15, 0.2) is 0 Å². The molecule has 0 aliphatic carbocycles. The standard InChI is InChI=1S/C12H17N3O2/c1-17-10-3-6-15(7-4-10)11-8-9(12(13)16)2-5-14-11/h2,5,8,10H,3-4,6-7H2,1H3,(H2,13,16). The molecule has 0 radical (unpaired) electrons. The van der Waals surface area contributed by atoms with E-state index in [9.17, 15) is 4.79 Å². The maximum atomic E-state index is 11.1. The van der Waals surface area contributed by atoms with E-state index in [-0.39, 0.29) is 0 Å². The van der Waals surface area contributed by atoms with Gasteiger partial charge >= 0.3 is 0 Å². The topological polar surface area (TPSA) is 68.5 Å². The average Bonchev–Trinajstić information content (AvgIpc) is 2.39. The van der Waals surface area contributed by atoms with Gasteiger partial charge in [-0.3, -0.25) is 4.79 Å². The van der Waals surface area contributed by atoms with Crippen LogP contribution in [-0.4, -0.2) is 37.2 Å². The minimum Gasteiger partial charge on any atom is -0.381 e. The van der Waals surface area contributed by atoms with Gasteiger partial charge in [0.05, 0.1) is 6.10 Å². The Hall–Kier alpha value is -1.62. The zero-order valence-electron chi connectivity index (χ0n) is 9.93. The van der Waals surface area contributed by atoms with E-state index in [0.29, 0.717) is 11.7 Å². The van der Waals surface area contributed by atoms with Gasteiger partial charge in [0.2, 0.25) is 5.91 Å². The molecule has 5 heteroatoms. The Morgan fingerprint density at radius 3 is 2.82 bits per heavy atom. The summed E-state index contributed by atoms with van der Waals surface area (Å²) < 4.78 is 5.32. The number of piperidine rings is 1. The summed E-state index contributed by atoms with van der Waals surface area (Å²) in [5.41, 5.74) is 5.75. The summed E-state index contributed by atoms with van der Waals surface area (Å²) in [5, 5.41) is 0. The molecule has 2 heterocycles. The molecule has 1 saturated heterocycles. The van der Waals surface area contributed by atoms with Crippen LogP contribution in [0.5, 0.6) is 0 Å². The second kappa shape index (κ2) is 5.14. The van der Waals surface area contributed by atoms with Crippen LogP contribution in [0.3, 0.4) is 0 Å². The maximum Gasteiger partial charge on any atom is 0.248 e. The quantitative estimate of drug-likeness (QED) is 0.841. The summed E-state index contributed by atoms with van der Waals surface area (Å²) in [6.45, 7) is 1.79. The van der Waals surface area contributed by atoms with Crippen LogP contribution in [-0.2, 0) is 4.74 Å². The number of pyridine rings is 1. The third-order valence-corrected chi connectivity index (χ3v) is 3.13. The van der Waals surface area contributed by atoms with E-state index in [1.54, 1.807) is 25.4 Å². The molecule has 1 aromatic heterocycles. The van der Waals surface area contributed by atoms with E-state index in [2.05, 4.69) is 9.88 Å². The molecule has 1 aliphatic heterocycles. The van der Waals surface area contributed by atoms with Crippen molar-refractivity contribution in [2.75, 3.05) is 25.1 Å². The summed E-state index contributed by atoms with van der Waals surface area (Å²) in [6, 6.07) is 3.38. The predicted octanol–water partition coefficient (Wildman–Crippen LogP) is 0.796. The van der Waals surface area contributed by atoms with Crippen molar-refractivity contribution < 1.29 is 9.53 Å². The lowest BCUT2D eigenvalue weighted by atomic mass is 10.1. The van der Waals surface area contributed by atoms with Crippen molar-refractivity contribution in [1.82, 2.24) is 4.98 Å². The van der Waals surface area contributed by atoms with E-state index >= 15 is 0 Å². The van der Waals surface area contributed by atoms with Crippen LogP contribution in [0.2, 0.25) is 0 Å². The Balaban J connectivity index is 2.08. The Morgan fingerprint density at radius 1 is 1.53 bits per heavy atom. The first-order valence-corrected chi connectivity index (χ1v) is 5.74. The van der Waals surface area contributed by atoms with Crippen molar-refractivity contribution in [2.45, 2.75) is 18.9 Å². The highest BCUT2D eigenvalue weighted by Crippen LogP contribution is 2.19. The van der Waals surface area contributed by atoms with Crippen LogP contribution < -0.4 is 10.6 Å². The fraction of sp³-hybridized carbons (Fsp3) is 0.500. The number of rotatable bonds is 3. The van der Waals surface area contributed by atoms with E-state index in [4.69, 9.17) is 10.5 Å². The number of ether oxygens (including phenoxy) is 1. The Bertz CT molecular complexity index is 400. The largest absolute Gasteiger partial charge is 0.381 e. The average molecular weight is 235 g/mol. The van der Waals surface area contributed by atoms with Crippen molar-refractivity contribution in [3.05, 3.63) is 23.9 Å². The van der Waals surface area contributed by atoms with Crippen LogP contribution in [0.4, 0.5) is 5.82 Å². The molecule has 17 heavy (non-hydrogen) atoms. The molecule has 1 aromatic rings. The summed E-state index contributed by atoms with van der Waals surface area (Å²) in [7, 11) is 1.74. The number of nitrogens with two attached hydrogens (primary N) is 1. The van der Waals surface area contributed by atoms with Crippen molar-refractivity contribution in [3.63, 3.8) is 0 Å². The van der Waals surface area contributed by atoms with Gasteiger partial charge in [-0.1, -0.05) is 0 Å². The number of amides is 1. The zero-order valence-corrected chi connectivity index (χ0v) is 9.93. The molecule has 1 amide bonds. The molecule has 0 saturated carbocycles. The second-order valence-electron chi connectivity index (χ2n) is 4.19. The van der Waals surface area contributed by atoms with Crippen molar-refractivity contribution >= 4 is 11.7 Å². The minimum absolute atomic E-state index is 0.338. The fourth-order valence-electron chi connectivity index (χ4n) is 2.07. The molecule has 5 nitrogen and oxygen atoms in total. The molecule has 0 atom stereocenters. The third kappa shape index (κ3) is 2.74. The highest BCUT2D eigenvalue weighted by Gasteiger charge is 2.19. The molecule has 1 fully saturated rings. The maximum absolute atomic E-state index is 11.1. The van der Waals surface area contributed by atoms with Gasteiger partial charge in [0, 0.05) is 32.0 Å². The number of primary amides is 1. The summed E-state index contributed by atoms with van der Waals surface area (Å²) in [6.07, 6.45) is 3.93. The van der Waals surface area contributed by atoms with Gasteiger partial charge in [-0.2, -0.15) is 0 Å². The summed E-state index contributed by atoms with van der Waals surface area (Å²) in [4.78, 5) is 17.5. The fourth-order valence-corrected chi connectivity index (χ4v) is 2.07. The monoisotopic (exact) mass is 235 g/mol. The highest BCUT2D eigenvalue weighted by atomic mass is 16.5. The Labute approximate surface area is 101 Å². The van der Waals surface area contributed by atoms with E-state index < -0.39 is 5.91 Å². The number of carbonyl (C=O) groups is 1. The first kappa shape index (κ1) is 11.9. The Kier molecular flexibility index (Phi) is 3.58. The lowest BCUT2D eigenvalue weighted by molar-refractivity contribution is 0.0818. The van der Waals surface area contributed by atoms with E-state index in [1.807, 2.05) is 0 Å². The molecule has 0 spiro atoms. The number of anilines is 1. The smallest absolute Gasteiger partial charge is 0.248 e. The SMILES string of the molecule is COC1CCN(c2cc(C(N)=O)ccn2)CC1. The number of hydrogen-bond donors (Lipinski definition) is 1. The van der Waals surface area contributed by atoms with Gasteiger partial charge in [-0.05, 0) is 25.0 Å². The number of carbonyl (C=O) groups excluding carboxylic acids is 1. The molecule has 2 N–H and O–H groups in total. The molecule has 0 bridgehead atoms. The van der Waals surface area contributed by atoms with Gasteiger partial charge in [-0.25, -0.2) is 4.98 Å². The lowest BCUT2D eigenvalue weighted by Crippen LogP contribution is -2.37. The van der Waals surface area contributed by atoms with Gasteiger partial charge in [0.1, 0.15) is 5.82 Å². The van der Waals surface area contributed by atoms with E-state index in [1.165, 1.54) is 0 Å². The molecular weight excluding hydrogens is 218 g/mol. The predicted molar refractivity (Wildman–Crippen MR) is 65.0 cm³/mol. The summed E-state index contributed by atoms with van der Waals surface area (Å²) >= 11 is 0. The second-order valence-corrected chi connectivity index (χ2v) is 4.19. The Morgan fingerprint density at radius 2 is 2.24 bits per heavy atom. The van der Waals surface area contributed by atoms with Crippen molar-refractivity contribution in [3.8, 4) is 0 Å². The number of methoxy groups -OCH3 is 1. The minimum atomic E-state index is -0.416. The van der Waals surface area contributed by atoms with Crippen LogP contribution in [0.25, 0.3) is 0 Å². The van der Waals surface area contributed by atoms with Gasteiger partial charge in [-0.15, -0.1) is 0 Å². The van der Waals surface area contributed by atoms with E-state index in [0.717, 1.165) is 31.7 Å². The van der Waals surface area contributed by atoms with Crippen LogP contribution in [0, 0.1) is 0 Å². The van der Waals surface area contributed by atoms with Gasteiger partial charge < -0.3 is 15.4 Å². The molecular formula is C12H17N3O2. The first-order valence-electron chi connectivity index (χ1n) is 5.74. The van der Waals surface area contributed by atoms with Crippen LogP contribution in [0.15, 0.2) is 18.3 Å². The van der Waals surface area contributed by atoms with Crippen LogP contribution >= 0.6 is 0 Å². The number of hydrogen-bond acceptors (Lipinski definition) is 4. The molecule has 92 valence electrons. The lowest BCUT2D eigenvalue weighted by Gasteiger charge is -2.32. The van der Waals surface area contributed by atoms with Gasteiger partial charge in [0.25, 0.3) is 0 Å². The number of aromatic nitrogens is 1. The first-order chi connectivity index (χ1) is 8.20. The normalized spacial score (nSPS) is 17.1. The van der Waals surface area contributed by atoms with Crippen molar-refractivity contribution in [2.24, 2.45) is 5.73 Å². The molecule has 0 aromatic carbocycles. The highest BCUT2D eigenvalue weighted by molar-refractivity contribution is 5.93. The third-order valence-electron chi connectivity index (χ3n) is 3.13.